The van der Waals surface area contributed by atoms with E-state index in [1.54, 1.807) is 36.4 Å². The Kier molecular flexibility index (Phi) is 6.18. The van der Waals surface area contributed by atoms with Crippen LogP contribution >= 0.6 is 34.8 Å². The Morgan fingerprint density at radius 2 is 1.87 bits per heavy atom. The van der Waals surface area contributed by atoms with E-state index in [2.05, 4.69) is 15.3 Å². The van der Waals surface area contributed by atoms with Crippen LogP contribution in [0.5, 0.6) is 5.75 Å². The summed E-state index contributed by atoms with van der Waals surface area (Å²) in [6.45, 7) is 0. The molecule has 4 rings (SSSR count). The Balaban J connectivity index is 1.57. The van der Waals surface area contributed by atoms with Gasteiger partial charge in [0.2, 0.25) is 5.91 Å². The Morgan fingerprint density at radius 1 is 1.06 bits per heavy atom. The first kappa shape index (κ1) is 21.2. The van der Waals surface area contributed by atoms with Crippen molar-refractivity contribution >= 4 is 63.5 Å². The number of aromatic amines is 1. The second-order valence-corrected chi connectivity index (χ2v) is 7.88. The van der Waals surface area contributed by atoms with Crippen molar-refractivity contribution in [2.75, 3.05) is 12.4 Å². The molecule has 0 aliphatic rings. The highest BCUT2D eigenvalue weighted by atomic mass is 35.5. The van der Waals surface area contributed by atoms with Crippen molar-refractivity contribution in [3.8, 4) is 17.1 Å². The van der Waals surface area contributed by atoms with E-state index in [1.165, 1.54) is 13.2 Å². The van der Waals surface area contributed by atoms with Gasteiger partial charge >= 0.3 is 0 Å². The molecule has 0 aliphatic carbocycles. The molecule has 4 aromatic rings. The van der Waals surface area contributed by atoms with Crippen LogP contribution in [0.15, 0.2) is 60.7 Å². The molecule has 0 aliphatic heterocycles. The van der Waals surface area contributed by atoms with Gasteiger partial charge in [-0.1, -0.05) is 46.9 Å². The second-order valence-electron chi connectivity index (χ2n) is 6.63. The molecule has 2 N–H and O–H groups in total. The number of halogens is 3. The largest absolute Gasteiger partial charge is 0.495 e. The maximum atomic E-state index is 12.5. The molecule has 1 heterocycles. The predicted molar refractivity (Wildman–Crippen MR) is 127 cm³/mol. The van der Waals surface area contributed by atoms with Crippen molar-refractivity contribution in [3.05, 3.63) is 81.3 Å². The minimum absolute atomic E-state index is 0.337. The van der Waals surface area contributed by atoms with Gasteiger partial charge in [0, 0.05) is 27.9 Å². The predicted octanol–water partition coefficient (Wildman–Crippen LogP) is 6.85. The van der Waals surface area contributed by atoms with Gasteiger partial charge in [-0.3, -0.25) is 4.79 Å². The number of para-hydroxylation sites is 2. The number of aromatic nitrogens is 2. The van der Waals surface area contributed by atoms with Crippen molar-refractivity contribution in [1.29, 1.82) is 0 Å². The topological polar surface area (TPSA) is 67.0 Å². The van der Waals surface area contributed by atoms with Crippen LogP contribution in [0.3, 0.4) is 0 Å². The third kappa shape index (κ3) is 4.69. The lowest BCUT2D eigenvalue weighted by atomic mass is 10.1. The molecule has 0 saturated heterocycles. The number of hydrogen-bond donors (Lipinski definition) is 2. The molecule has 3 aromatic carbocycles. The lowest BCUT2D eigenvalue weighted by molar-refractivity contribution is -0.111. The van der Waals surface area contributed by atoms with Crippen molar-refractivity contribution in [1.82, 2.24) is 9.97 Å². The maximum Gasteiger partial charge on any atom is 0.248 e. The molecule has 0 atom stereocenters. The summed E-state index contributed by atoms with van der Waals surface area (Å²) in [6, 6.07) is 16.1. The number of carbonyl (C=O) groups is 1. The SMILES string of the molecule is COc1c(Cl)cc(Cl)cc1/C=C/C(=O)Nc1ccc(Cl)c(-c2nc3ccccc3[nH]2)c1. The van der Waals surface area contributed by atoms with Crippen LogP contribution in [0, 0.1) is 0 Å². The number of imidazole rings is 1. The number of nitrogens with one attached hydrogen (secondary N) is 2. The second kappa shape index (κ2) is 9.02. The van der Waals surface area contributed by atoms with E-state index in [0.29, 0.717) is 43.5 Å². The lowest BCUT2D eigenvalue weighted by Gasteiger charge is -2.08. The zero-order valence-corrected chi connectivity index (χ0v) is 18.5. The number of fused-ring (bicyclic) bond motifs is 1. The smallest absolute Gasteiger partial charge is 0.248 e. The maximum absolute atomic E-state index is 12.5. The summed E-state index contributed by atoms with van der Waals surface area (Å²) in [5.41, 5.74) is 3.59. The number of amides is 1. The third-order valence-corrected chi connectivity index (χ3v) is 5.36. The van der Waals surface area contributed by atoms with Crippen LogP contribution < -0.4 is 10.1 Å². The van der Waals surface area contributed by atoms with Gasteiger partial charge in [-0.15, -0.1) is 0 Å². The van der Waals surface area contributed by atoms with E-state index < -0.39 is 0 Å². The van der Waals surface area contributed by atoms with Gasteiger partial charge in [-0.05, 0) is 48.5 Å². The minimum Gasteiger partial charge on any atom is -0.495 e. The average molecular weight is 473 g/mol. The fourth-order valence-corrected chi connectivity index (χ4v) is 3.93. The fourth-order valence-electron chi connectivity index (χ4n) is 3.13. The molecular formula is C23H16Cl3N3O2. The first-order valence-corrected chi connectivity index (χ1v) is 10.3. The van der Waals surface area contributed by atoms with Gasteiger partial charge in [0.1, 0.15) is 11.6 Å². The van der Waals surface area contributed by atoms with Crippen LogP contribution in [0.2, 0.25) is 15.1 Å². The number of benzene rings is 3. The van der Waals surface area contributed by atoms with Crippen molar-refractivity contribution < 1.29 is 9.53 Å². The summed E-state index contributed by atoms with van der Waals surface area (Å²) < 4.78 is 5.29. The molecule has 0 unspecified atom stereocenters. The summed E-state index contributed by atoms with van der Waals surface area (Å²) in [6.07, 6.45) is 2.96. The van der Waals surface area contributed by atoms with Gasteiger partial charge in [0.25, 0.3) is 0 Å². The van der Waals surface area contributed by atoms with Gasteiger partial charge in [-0.2, -0.15) is 0 Å². The standard InChI is InChI=1S/C23H16Cl3N3O2/c1-31-22-13(10-14(24)11-18(22)26)6-9-21(30)27-15-7-8-17(25)16(12-15)23-28-19-4-2-3-5-20(19)29-23/h2-12H,1H3,(H,27,30)(H,28,29)/b9-6+. The number of nitrogens with zero attached hydrogens (tertiary/aromatic N) is 1. The molecule has 0 fully saturated rings. The molecule has 0 bridgehead atoms. The Hall–Kier alpha value is -2.99. The van der Waals surface area contributed by atoms with E-state index in [-0.39, 0.29) is 5.91 Å². The van der Waals surface area contributed by atoms with E-state index >= 15 is 0 Å². The molecule has 8 heteroatoms. The number of rotatable bonds is 5. The van der Waals surface area contributed by atoms with E-state index in [9.17, 15) is 4.79 Å². The normalized spacial score (nSPS) is 11.2. The molecule has 31 heavy (non-hydrogen) atoms. The quantitative estimate of drug-likeness (QED) is 0.312. The first-order chi connectivity index (χ1) is 14.9. The molecule has 0 spiro atoms. The average Bonchev–Trinajstić information content (AvgIpc) is 3.17. The van der Waals surface area contributed by atoms with Crippen LogP contribution in [0.1, 0.15) is 5.56 Å². The van der Waals surface area contributed by atoms with Crippen molar-refractivity contribution in [2.45, 2.75) is 0 Å². The fraction of sp³-hybridized carbons (Fsp3) is 0.0435. The zero-order chi connectivity index (χ0) is 22.0. The van der Waals surface area contributed by atoms with Crippen molar-refractivity contribution in [3.63, 3.8) is 0 Å². The van der Waals surface area contributed by atoms with Crippen LogP contribution in [0.4, 0.5) is 5.69 Å². The number of hydrogen-bond acceptors (Lipinski definition) is 3. The molecular weight excluding hydrogens is 457 g/mol. The van der Waals surface area contributed by atoms with E-state index in [1.807, 2.05) is 24.3 Å². The summed E-state index contributed by atoms with van der Waals surface area (Å²) in [4.78, 5) is 20.3. The van der Waals surface area contributed by atoms with E-state index in [0.717, 1.165) is 11.0 Å². The number of carbonyl (C=O) groups excluding carboxylic acids is 1. The van der Waals surface area contributed by atoms with Gasteiger partial charge in [-0.25, -0.2) is 4.98 Å². The van der Waals surface area contributed by atoms with E-state index in [4.69, 9.17) is 39.5 Å². The molecule has 1 aromatic heterocycles. The summed E-state index contributed by atoms with van der Waals surface area (Å²) >= 11 is 18.6. The Labute approximate surface area is 193 Å². The molecule has 156 valence electrons. The molecule has 5 nitrogen and oxygen atoms in total. The highest BCUT2D eigenvalue weighted by Crippen LogP contribution is 2.33. The highest BCUT2D eigenvalue weighted by molar-refractivity contribution is 6.36. The zero-order valence-electron chi connectivity index (χ0n) is 16.2. The van der Waals surface area contributed by atoms with Crippen LogP contribution in [0.25, 0.3) is 28.5 Å². The van der Waals surface area contributed by atoms with Crippen molar-refractivity contribution in [2.24, 2.45) is 0 Å². The molecule has 0 radical (unpaired) electrons. The Bertz CT molecular complexity index is 1280. The summed E-state index contributed by atoms with van der Waals surface area (Å²) in [5.74, 6) is 0.723. The number of H-pyrrole nitrogens is 1. The summed E-state index contributed by atoms with van der Waals surface area (Å²) in [5, 5.41) is 4.14. The van der Waals surface area contributed by atoms with Crippen LogP contribution in [-0.4, -0.2) is 23.0 Å². The molecule has 1 amide bonds. The first-order valence-electron chi connectivity index (χ1n) is 9.21. The number of ether oxygens (including phenoxy) is 1. The summed E-state index contributed by atoms with van der Waals surface area (Å²) in [7, 11) is 1.50. The van der Waals surface area contributed by atoms with Gasteiger partial charge < -0.3 is 15.0 Å². The van der Waals surface area contributed by atoms with Crippen LogP contribution in [-0.2, 0) is 4.79 Å². The third-order valence-electron chi connectivity index (χ3n) is 4.53. The minimum atomic E-state index is -0.337. The van der Waals surface area contributed by atoms with Gasteiger partial charge in [0.15, 0.2) is 0 Å². The molecule has 0 saturated carbocycles. The van der Waals surface area contributed by atoms with Gasteiger partial charge in [0.05, 0.1) is 28.2 Å². The highest BCUT2D eigenvalue weighted by Gasteiger charge is 2.11. The number of anilines is 1. The Morgan fingerprint density at radius 3 is 2.65 bits per heavy atom. The monoisotopic (exact) mass is 471 g/mol. The number of methoxy groups -OCH3 is 1. The lowest BCUT2D eigenvalue weighted by Crippen LogP contribution is -2.07.